The summed E-state index contributed by atoms with van der Waals surface area (Å²) in [4.78, 5) is 12.1. The van der Waals surface area contributed by atoms with Crippen molar-refractivity contribution in [2.45, 2.75) is 12.8 Å². The highest BCUT2D eigenvalue weighted by Crippen LogP contribution is 2.22. The molecule has 2 rings (SSSR count). The lowest BCUT2D eigenvalue weighted by atomic mass is 9.98. The molecule has 0 aliphatic carbocycles. The summed E-state index contributed by atoms with van der Waals surface area (Å²) >= 11 is 0. The second-order valence-corrected chi connectivity index (χ2v) is 5.07. The monoisotopic (exact) mass is 267 g/mol. The highest BCUT2D eigenvalue weighted by Gasteiger charge is 2.18. The first-order valence-electron chi connectivity index (χ1n) is 6.42. The largest absolute Gasteiger partial charge is 0.385 e. The first kappa shape index (κ1) is 13.7. The minimum atomic E-state index is -0.796. The van der Waals surface area contributed by atoms with Crippen LogP contribution in [0.2, 0.25) is 0 Å². The third-order valence-corrected chi connectivity index (χ3v) is 3.46. The van der Waals surface area contributed by atoms with Crippen molar-refractivity contribution in [2.24, 2.45) is 5.92 Å². The number of hydrogen-bond acceptors (Lipinski definition) is 4. The molecule has 1 fully saturated rings. The van der Waals surface area contributed by atoms with Gasteiger partial charge in [0.1, 0.15) is 0 Å². The van der Waals surface area contributed by atoms with Crippen LogP contribution in [0, 0.1) is 21.8 Å². The van der Waals surface area contributed by atoms with Crippen molar-refractivity contribution < 1.29 is 9.31 Å². The molecule has 5 nitrogen and oxygen atoms in total. The number of halogens is 1. The summed E-state index contributed by atoms with van der Waals surface area (Å²) in [6.07, 6.45) is 2.34. The van der Waals surface area contributed by atoms with Crippen LogP contribution in [0.15, 0.2) is 18.2 Å². The number of nitro groups is 1. The van der Waals surface area contributed by atoms with E-state index in [0.717, 1.165) is 26.1 Å². The van der Waals surface area contributed by atoms with E-state index in [4.69, 9.17) is 0 Å². The molecule has 0 aromatic heterocycles. The molecular formula is C13H18FN3O2. The summed E-state index contributed by atoms with van der Waals surface area (Å²) in [6.45, 7) is 2.92. The van der Waals surface area contributed by atoms with E-state index in [0.29, 0.717) is 11.6 Å². The Morgan fingerprint density at radius 1 is 1.58 bits per heavy atom. The van der Waals surface area contributed by atoms with Crippen LogP contribution < -0.4 is 5.32 Å². The second-order valence-electron chi connectivity index (χ2n) is 5.07. The number of rotatable bonds is 4. The molecule has 19 heavy (non-hydrogen) atoms. The van der Waals surface area contributed by atoms with Crippen LogP contribution in [0.5, 0.6) is 0 Å². The maximum absolute atomic E-state index is 13.4. The van der Waals surface area contributed by atoms with Gasteiger partial charge in [0.15, 0.2) is 0 Å². The molecule has 0 bridgehead atoms. The number of nitro benzene ring substituents is 1. The van der Waals surface area contributed by atoms with Crippen LogP contribution in [0.4, 0.5) is 15.8 Å². The molecule has 1 atom stereocenters. The van der Waals surface area contributed by atoms with Gasteiger partial charge in [-0.3, -0.25) is 10.1 Å². The van der Waals surface area contributed by atoms with Gasteiger partial charge in [0, 0.05) is 30.9 Å². The average Bonchev–Trinajstić information content (AvgIpc) is 2.36. The molecule has 0 radical (unpaired) electrons. The molecule has 1 saturated heterocycles. The summed E-state index contributed by atoms with van der Waals surface area (Å²) in [5.41, 5.74) is 0.110. The van der Waals surface area contributed by atoms with E-state index >= 15 is 0 Å². The maximum Gasteiger partial charge on any atom is 0.304 e. The smallest absolute Gasteiger partial charge is 0.304 e. The predicted octanol–water partition coefficient (Wildman–Crippen LogP) is 2.49. The second kappa shape index (κ2) is 5.97. The summed E-state index contributed by atoms with van der Waals surface area (Å²) in [7, 11) is 2.09. The van der Waals surface area contributed by atoms with E-state index in [9.17, 15) is 14.5 Å². The Kier molecular flexibility index (Phi) is 4.31. The first-order chi connectivity index (χ1) is 9.06. The molecule has 1 aliphatic rings. The Labute approximate surface area is 111 Å². The lowest BCUT2D eigenvalue weighted by Gasteiger charge is -2.29. The van der Waals surface area contributed by atoms with Crippen molar-refractivity contribution >= 4 is 11.4 Å². The standard InChI is InChI=1S/C13H18FN3O2/c1-16-6-2-3-10(9-16)8-15-11-4-5-13(17(18)19)12(14)7-11/h4-5,7,10,15H,2-3,6,8-9H2,1H3. The maximum atomic E-state index is 13.4. The number of benzene rings is 1. The normalized spacial score (nSPS) is 20.2. The minimum absolute atomic E-state index is 0.483. The van der Waals surface area contributed by atoms with Crippen molar-refractivity contribution in [3.05, 3.63) is 34.1 Å². The zero-order chi connectivity index (χ0) is 13.8. The van der Waals surface area contributed by atoms with Gasteiger partial charge in [-0.15, -0.1) is 0 Å². The van der Waals surface area contributed by atoms with Gasteiger partial charge in [-0.05, 0) is 38.4 Å². The molecule has 0 spiro atoms. The molecule has 0 amide bonds. The summed E-state index contributed by atoms with van der Waals surface area (Å²) in [5, 5.41) is 13.7. The molecule has 1 aromatic carbocycles. The van der Waals surface area contributed by atoms with Crippen molar-refractivity contribution in [1.29, 1.82) is 0 Å². The van der Waals surface area contributed by atoms with Crippen LogP contribution >= 0.6 is 0 Å². The SMILES string of the molecule is CN1CCCC(CNc2ccc([N+](=O)[O-])c(F)c2)C1. The van der Waals surface area contributed by atoms with Gasteiger partial charge in [0.2, 0.25) is 5.82 Å². The molecule has 1 N–H and O–H groups in total. The van der Waals surface area contributed by atoms with Crippen LogP contribution in [0.25, 0.3) is 0 Å². The highest BCUT2D eigenvalue weighted by molar-refractivity contribution is 5.49. The van der Waals surface area contributed by atoms with E-state index in [-0.39, 0.29) is 0 Å². The number of piperidine rings is 1. The van der Waals surface area contributed by atoms with Gasteiger partial charge < -0.3 is 10.2 Å². The predicted molar refractivity (Wildman–Crippen MR) is 71.8 cm³/mol. The summed E-state index contributed by atoms with van der Waals surface area (Å²) < 4.78 is 13.4. The zero-order valence-corrected chi connectivity index (χ0v) is 10.9. The third kappa shape index (κ3) is 3.64. The Hall–Kier alpha value is -1.69. The summed E-state index contributed by atoms with van der Waals surface area (Å²) in [5.74, 6) is -0.257. The lowest BCUT2D eigenvalue weighted by molar-refractivity contribution is -0.387. The van der Waals surface area contributed by atoms with E-state index in [1.165, 1.54) is 18.6 Å². The van der Waals surface area contributed by atoms with E-state index < -0.39 is 16.4 Å². The number of hydrogen-bond donors (Lipinski definition) is 1. The Bertz CT molecular complexity index is 467. The Morgan fingerprint density at radius 3 is 3.00 bits per heavy atom. The van der Waals surface area contributed by atoms with Crippen LogP contribution in [0.1, 0.15) is 12.8 Å². The van der Waals surface area contributed by atoms with E-state index in [1.807, 2.05) is 0 Å². The quantitative estimate of drug-likeness (QED) is 0.672. The molecule has 1 aromatic rings. The molecule has 6 heteroatoms. The fourth-order valence-electron chi connectivity index (χ4n) is 2.47. The van der Waals surface area contributed by atoms with Gasteiger partial charge in [-0.25, -0.2) is 0 Å². The van der Waals surface area contributed by atoms with Gasteiger partial charge >= 0.3 is 5.69 Å². The van der Waals surface area contributed by atoms with Gasteiger partial charge in [0.05, 0.1) is 4.92 Å². The number of anilines is 1. The molecule has 1 heterocycles. The number of likely N-dealkylation sites (tertiary alicyclic amines) is 1. The molecule has 1 unspecified atom stereocenters. The van der Waals surface area contributed by atoms with Gasteiger partial charge in [0.25, 0.3) is 0 Å². The zero-order valence-electron chi connectivity index (χ0n) is 10.9. The lowest BCUT2D eigenvalue weighted by Crippen LogP contribution is -2.35. The van der Waals surface area contributed by atoms with E-state index in [2.05, 4.69) is 17.3 Å². The molecule has 0 saturated carbocycles. The fourth-order valence-corrected chi connectivity index (χ4v) is 2.47. The van der Waals surface area contributed by atoms with Crippen LogP contribution in [0.3, 0.4) is 0 Å². The minimum Gasteiger partial charge on any atom is -0.385 e. The molecule has 1 aliphatic heterocycles. The number of nitrogens with zero attached hydrogens (tertiary/aromatic N) is 2. The molecular weight excluding hydrogens is 249 g/mol. The van der Waals surface area contributed by atoms with Crippen LogP contribution in [-0.4, -0.2) is 36.5 Å². The van der Waals surface area contributed by atoms with Crippen LogP contribution in [-0.2, 0) is 0 Å². The highest BCUT2D eigenvalue weighted by atomic mass is 19.1. The Balaban J connectivity index is 1.92. The Morgan fingerprint density at radius 2 is 2.37 bits per heavy atom. The van der Waals surface area contributed by atoms with Gasteiger partial charge in [-0.1, -0.05) is 0 Å². The van der Waals surface area contributed by atoms with Crippen molar-refractivity contribution in [3.8, 4) is 0 Å². The molecule has 104 valence electrons. The van der Waals surface area contributed by atoms with Gasteiger partial charge in [-0.2, -0.15) is 4.39 Å². The van der Waals surface area contributed by atoms with Crippen molar-refractivity contribution in [3.63, 3.8) is 0 Å². The van der Waals surface area contributed by atoms with E-state index in [1.54, 1.807) is 6.07 Å². The third-order valence-electron chi connectivity index (χ3n) is 3.46. The van der Waals surface area contributed by atoms with Crippen molar-refractivity contribution in [1.82, 2.24) is 4.90 Å². The number of nitrogens with one attached hydrogen (secondary N) is 1. The average molecular weight is 267 g/mol. The van der Waals surface area contributed by atoms with Crippen molar-refractivity contribution in [2.75, 3.05) is 32.0 Å². The summed E-state index contributed by atoms with van der Waals surface area (Å²) in [6, 6.07) is 3.93. The fraction of sp³-hybridized carbons (Fsp3) is 0.538. The topological polar surface area (TPSA) is 58.4 Å². The first-order valence-corrected chi connectivity index (χ1v) is 6.42.